The van der Waals surface area contributed by atoms with E-state index >= 15 is 0 Å². The summed E-state index contributed by atoms with van der Waals surface area (Å²) >= 11 is 0. The highest BCUT2D eigenvalue weighted by molar-refractivity contribution is 6.25. The van der Waals surface area contributed by atoms with Gasteiger partial charge in [0.2, 0.25) is 0 Å². The fraction of sp³-hybridized carbons (Fsp3) is 0.161. The number of pyridine rings is 1. The van der Waals surface area contributed by atoms with Gasteiger partial charge in [-0.05, 0) is 41.8 Å². The number of nitrogens with one attached hydrogen (secondary N) is 2. The van der Waals surface area contributed by atoms with Gasteiger partial charge in [-0.15, -0.1) is 0 Å². The Hall–Kier alpha value is -4.26. The van der Waals surface area contributed by atoms with Crippen molar-refractivity contribution in [3.63, 3.8) is 0 Å². The summed E-state index contributed by atoms with van der Waals surface area (Å²) in [6.45, 7) is 0.887. The van der Waals surface area contributed by atoms with E-state index in [2.05, 4.69) is 15.6 Å². The van der Waals surface area contributed by atoms with Crippen LogP contribution in [0.15, 0.2) is 103 Å². The average Bonchev–Trinajstić information content (AvgIpc) is 3.11. The number of benzene rings is 3. The van der Waals surface area contributed by atoms with E-state index in [0.29, 0.717) is 42.1 Å². The van der Waals surface area contributed by atoms with Crippen LogP contribution in [0.3, 0.4) is 0 Å². The zero-order valence-electron chi connectivity index (χ0n) is 20.4. The van der Waals surface area contributed by atoms with E-state index in [4.69, 9.17) is 4.74 Å². The number of rotatable bonds is 9. The molecule has 1 aliphatic heterocycles. The van der Waals surface area contributed by atoms with E-state index in [-0.39, 0.29) is 5.91 Å². The maximum atomic E-state index is 13.7. The maximum Gasteiger partial charge on any atom is 0.252 e. The van der Waals surface area contributed by atoms with Crippen molar-refractivity contribution in [3.8, 4) is 11.5 Å². The number of para-hydroxylation sites is 2. The van der Waals surface area contributed by atoms with Gasteiger partial charge in [0.05, 0.1) is 17.7 Å². The molecule has 37 heavy (non-hydrogen) atoms. The molecule has 0 fully saturated rings. The fourth-order valence-corrected chi connectivity index (χ4v) is 4.42. The largest absolute Gasteiger partial charge is 0.456 e. The molecule has 1 aliphatic rings. The van der Waals surface area contributed by atoms with Crippen molar-refractivity contribution in [2.45, 2.75) is 25.1 Å². The summed E-state index contributed by atoms with van der Waals surface area (Å²) in [7, 11) is 0. The number of ether oxygens (including phenoxy) is 1. The van der Waals surface area contributed by atoms with E-state index < -0.39 is 12.1 Å². The van der Waals surface area contributed by atoms with Crippen molar-refractivity contribution in [3.05, 3.63) is 126 Å². The normalized spacial score (nSPS) is 13.7. The first-order chi connectivity index (χ1) is 18.2. The molecular formula is C31H29N3O3. The van der Waals surface area contributed by atoms with Gasteiger partial charge in [0.25, 0.3) is 5.91 Å². The number of aliphatic hydroxyl groups is 1. The Balaban J connectivity index is 1.38. The van der Waals surface area contributed by atoms with Crippen LogP contribution in [0.2, 0.25) is 0 Å². The highest BCUT2D eigenvalue weighted by Gasteiger charge is 2.26. The summed E-state index contributed by atoms with van der Waals surface area (Å²) in [5, 5.41) is 17.6. The minimum absolute atomic E-state index is 0.264. The second-order valence-corrected chi connectivity index (χ2v) is 9.02. The second-order valence-electron chi connectivity index (χ2n) is 9.02. The molecule has 1 aromatic heterocycles. The van der Waals surface area contributed by atoms with Crippen LogP contribution in [0.4, 0.5) is 0 Å². The Morgan fingerprint density at radius 3 is 2.41 bits per heavy atom. The lowest BCUT2D eigenvalue weighted by atomic mass is 9.98. The van der Waals surface area contributed by atoms with Crippen molar-refractivity contribution in [2.75, 3.05) is 6.54 Å². The van der Waals surface area contributed by atoms with Crippen LogP contribution >= 0.6 is 0 Å². The zero-order chi connectivity index (χ0) is 25.5. The summed E-state index contributed by atoms with van der Waals surface area (Å²) in [5.41, 5.74) is 4.08. The van der Waals surface area contributed by atoms with Gasteiger partial charge in [0, 0.05) is 36.6 Å². The Morgan fingerprint density at radius 2 is 1.59 bits per heavy atom. The van der Waals surface area contributed by atoms with Crippen LogP contribution in [0, 0.1) is 0 Å². The third-order valence-electron chi connectivity index (χ3n) is 6.35. The first-order valence-electron chi connectivity index (χ1n) is 12.4. The first-order valence-corrected chi connectivity index (χ1v) is 12.4. The first kappa shape index (κ1) is 24.4. The Morgan fingerprint density at radius 1 is 0.865 bits per heavy atom. The van der Waals surface area contributed by atoms with Crippen LogP contribution in [-0.2, 0) is 17.8 Å². The predicted octanol–water partition coefficient (Wildman–Crippen LogP) is 4.61. The molecule has 3 N–H and O–H groups in total. The summed E-state index contributed by atoms with van der Waals surface area (Å²) in [5.74, 6) is 1.05. The molecule has 0 saturated heterocycles. The van der Waals surface area contributed by atoms with Gasteiger partial charge in [-0.25, -0.2) is 0 Å². The second kappa shape index (κ2) is 11.6. The third kappa shape index (κ3) is 6.12. The quantitative estimate of drug-likeness (QED) is 0.319. The molecule has 5 rings (SSSR count). The molecule has 3 aromatic carbocycles. The fourth-order valence-electron chi connectivity index (χ4n) is 4.42. The number of nitrogens with zero attached hydrogens (tertiary/aromatic N) is 1. The molecule has 0 radical (unpaired) electrons. The van der Waals surface area contributed by atoms with Crippen molar-refractivity contribution in [2.24, 2.45) is 0 Å². The molecule has 6 heteroatoms. The van der Waals surface area contributed by atoms with Crippen molar-refractivity contribution < 1.29 is 14.6 Å². The molecule has 186 valence electrons. The number of amides is 1. The van der Waals surface area contributed by atoms with Crippen LogP contribution in [0.25, 0.3) is 11.6 Å². The highest BCUT2D eigenvalue weighted by atomic mass is 16.5. The molecule has 0 unspecified atom stereocenters. The maximum absolute atomic E-state index is 13.7. The topological polar surface area (TPSA) is 83.5 Å². The summed E-state index contributed by atoms with van der Waals surface area (Å²) in [4.78, 5) is 17.9. The minimum atomic E-state index is -0.814. The molecule has 0 saturated carbocycles. The Labute approximate surface area is 216 Å². The van der Waals surface area contributed by atoms with Gasteiger partial charge >= 0.3 is 0 Å². The number of aromatic nitrogens is 1. The number of carbonyl (C=O) groups is 1. The van der Waals surface area contributed by atoms with Gasteiger partial charge < -0.3 is 20.5 Å². The number of fused-ring (bicyclic) bond motifs is 2. The lowest BCUT2D eigenvalue weighted by Gasteiger charge is -2.25. The van der Waals surface area contributed by atoms with Gasteiger partial charge in [-0.3, -0.25) is 9.78 Å². The third-order valence-corrected chi connectivity index (χ3v) is 6.35. The number of aliphatic hydroxyl groups excluding tert-OH is 1. The van der Waals surface area contributed by atoms with E-state index in [0.717, 1.165) is 16.7 Å². The summed E-state index contributed by atoms with van der Waals surface area (Å²) in [6, 6.07) is 28.4. The summed E-state index contributed by atoms with van der Waals surface area (Å²) < 4.78 is 6.13. The highest BCUT2D eigenvalue weighted by Crippen LogP contribution is 2.37. The van der Waals surface area contributed by atoms with Gasteiger partial charge in [0.1, 0.15) is 11.5 Å². The van der Waals surface area contributed by atoms with Gasteiger partial charge in [-0.2, -0.15) is 0 Å². The Bertz CT molecular complexity index is 1370. The lowest BCUT2D eigenvalue weighted by Crippen LogP contribution is -2.48. The monoisotopic (exact) mass is 491 g/mol. The van der Waals surface area contributed by atoms with Gasteiger partial charge in [0.15, 0.2) is 0 Å². The number of carbonyl (C=O) groups excluding carboxylic acids is 1. The van der Waals surface area contributed by atoms with Crippen LogP contribution < -0.4 is 15.4 Å². The van der Waals surface area contributed by atoms with Crippen molar-refractivity contribution in [1.29, 1.82) is 0 Å². The van der Waals surface area contributed by atoms with Crippen LogP contribution in [0.1, 0.15) is 22.3 Å². The molecule has 2 heterocycles. The van der Waals surface area contributed by atoms with Crippen molar-refractivity contribution >= 4 is 17.6 Å². The Kier molecular flexibility index (Phi) is 7.69. The summed E-state index contributed by atoms with van der Waals surface area (Å²) in [6.07, 6.45) is 5.05. The molecule has 6 nitrogen and oxygen atoms in total. The number of hydrogen-bond acceptors (Lipinski definition) is 5. The minimum Gasteiger partial charge on any atom is -0.456 e. The van der Waals surface area contributed by atoms with Crippen molar-refractivity contribution in [1.82, 2.24) is 15.6 Å². The van der Waals surface area contributed by atoms with Crippen LogP contribution in [-0.4, -0.2) is 34.7 Å². The SMILES string of the molecule is O=C(N[C@@H](Cc1ccccc1)[C@H](O)CNCc1cccnc1)C1=Cc2ccccc2Oc2ccccc21. The van der Waals surface area contributed by atoms with E-state index in [1.165, 1.54) is 0 Å². The zero-order valence-corrected chi connectivity index (χ0v) is 20.4. The van der Waals surface area contributed by atoms with Gasteiger partial charge in [-0.1, -0.05) is 72.8 Å². The number of hydrogen-bond donors (Lipinski definition) is 3. The molecule has 4 aromatic rings. The lowest BCUT2D eigenvalue weighted by molar-refractivity contribution is -0.117. The molecular weight excluding hydrogens is 462 g/mol. The molecule has 0 spiro atoms. The predicted molar refractivity (Wildman–Crippen MR) is 145 cm³/mol. The molecule has 2 atom stereocenters. The smallest absolute Gasteiger partial charge is 0.252 e. The van der Waals surface area contributed by atoms with E-state index in [1.807, 2.05) is 97.1 Å². The molecule has 0 bridgehead atoms. The molecule has 0 aliphatic carbocycles. The standard InChI is InChI=1S/C31H29N3O3/c35-28(21-33-20-23-11-8-16-32-19-23)27(17-22-9-2-1-3-10-22)34-31(36)26-18-24-12-4-6-14-29(24)37-30-15-7-5-13-25(26)30/h1-16,18-19,27-28,33,35H,17,20-21H2,(H,34,36)/t27-,28+/m0/s1. The van der Waals surface area contributed by atoms with E-state index in [9.17, 15) is 9.90 Å². The average molecular weight is 492 g/mol. The van der Waals surface area contributed by atoms with Crippen LogP contribution in [0.5, 0.6) is 11.5 Å². The molecule has 1 amide bonds. The van der Waals surface area contributed by atoms with E-state index in [1.54, 1.807) is 12.4 Å².